The molecule has 150 valence electrons. The predicted octanol–water partition coefficient (Wildman–Crippen LogP) is 5.11. The van der Waals surface area contributed by atoms with E-state index in [1.54, 1.807) is 7.11 Å². The number of nitrogens with zero attached hydrogens (tertiary/aromatic N) is 3. The van der Waals surface area contributed by atoms with E-state index in [0.717, 1.165) is 41.3 Å². The molecule has 0 spiro atoms. The molecular weight excluding hydrogens is 360 g/mol. The van der Waals surface area contributed by atoms with E-state index >= 15 is 0 Å². The maximum Gasteiger partial charge on any atom is 0.229 e. The van der Waals surface area contributed by atoms with Crippen LogP contribution in [0.3, 0.4) is 0 Å². The second-order valence-corrected chi connectivity index (χ2v) is 7.63. The Kier molecular flexibility index (Phi) is 5.49. The van der Waals surface area contributed by atoms with Crippen molar-refractivity contribution >= 4 is 17.5 Å². The SMILES string of the molecule is COCc1nc(Nc2ccccc2C)nc(N2CCc3ccccc3C2C)c1C. The van der Waals surface area contributed by atoms with Crippen LogP contribution in [-0.2, 0) is 17.8 Å². The molecule has 1 N–H and O–H groups in total. The average Bonchev–Trinajstić information content (AvgIpc) is 2.73. The van der Waals surface area contributed by atoms with Crippen molar-refractivity contribution in [1.82, 2.24) is 9.97 Å². The quantitative estimate of drug-likeness (QED) is 0.658. The summed E-state index contributed by atoms with van der Waals surface area (Å²) < 4.78 is 5.43. The highest BCUT2D eigenvalue weighted by Gasteiger charge is 2.27. The van der Waals surface area contributed by atoms with Gasteiger partial charge in [-0.25, -0.2) is 4.98 Å². The van der Waals surface area contributed by atoms with E-state index in [-0.39, 0.29) is 6.04 Å². The molecule has 0 radical (unpaired) electrons. The van der Waals surface area contributed by atoms with Gasteiger partial charge >= 0.3 is 0 Å². The molecule has 0 amide bonds. The predicted molar refractivity (Wildman–Crippen MR) is 118 cm³/mol. The number of nitrogens with one attached hydrogen (secondary N) is 1. The van der Waals surface area contributed by atoms with Gasteiger partial charge in [-0.05, 0) is 49.9 Å². The lowest BCUT2D eigenvalue weighted by atomic mass is 9.93. The second kappa shape index (κ2) is 8.21. The van der Waals surface area contributed by atoms with Crippen LogP contribution in [0.4, 0.5) is 17.5 Å². The van der Waals surface area contributed by atoms with E-state index in [1.165, 1.54) is 11.1 Å². The van der Waals surface area contributed by atoms with Crippen molar-refractivity contribution in [3.8, 4) is 0 Å². The molecule has 1 aliphatic rings. The molecule has 1 unspecified atom stereocenters. The lowest BCUT2D eigenvalue weighted by molar-refractivity contribution is 0.181. The summed E-state index contributed by atoms with van der Waals surface area (Å²) in [5, 5.41) is 3.41. The number of hydrogen-bond acceptors (Lipinski definition) is 5. The molecule has 5 nitrogen and oxygen atoms in total. The molecule has 0 aliphatic carbocycles. The molecule has 4 rings (SSSR count). The summed E-state index contributed by atoms with van der Waals surface area (Å²) in [6.07, 6.45) is 1.02. The summed E-state index contributed by atoms with van der Waals surface area (Å²) in [6.45, 7) is 7.82. The first kappa shape index (κ1) is 19.4. The first-order chi connectivity index (χ1) is 14.1. The fourth-order valence-electron chi connectivity index (χ4n) is 4.06. The largest absolute Gasteiger partial charge is 0.378 e. The number of aryl methyl sites for hydroxylation is 1. The monoisotopic (exact) mass is 388 g/mol. The number of fused-ring (bicyclic) bond motifs is 1. The third kappa shape index (κ3) is 3.83. The van der Waals surface area contributed by atoms with E-state index in [1.807, 2.05) is 18.2 Å². The van der Waals surface area contributed by atoms with Crippen LogP contribution in [0.2, 0.25) is 0 Å². The van der Waals surface area contributed by atoms with Crippen LogP contribution < -0.4 is 10.2 Å². The Hall–Kier alpha value is -2.92. The summed E-state index contributed by atoms with van der Waals surface area (Å²) in [4.78, 5) is 12.1. The minimum Gasteiger partial charge on any atom is -0.378 e. The summed E-state index contributed by atoms with van der Waals surface area (Å²) in [7, 11) is 1.70. The van der Waals surface area contributed by atoms with Gasteiger partial charge < -0.3 is 15.0 Å². The van der Waals surface area contributed by atoms with E-state index in [9.17, 15) is 0 Å². The zero-order valence-corrected chi connectivity index (χ0v) is 17.6. The highest BCUT2D eigenvalue weighted by atomic mass is 16.5. The third-order valence-electron chi connectivity index (χ3n) is 5.76. The van der Waals surface area contributed by atoms with Crippen LogP contribution in [0, 0.1) is 13.8 Å². The number of para-hydroxylation sites is 1. The van der Waals surface area contributed by atoms with Crippen LogP contribution in [0.1, 0.15) is 40.9 Å². The van der Waals surface area contributed by atoms with Gasteiger partial charge in [0.15, 0.2) is 0 Å². The fraction of sp³-hybridized carbons (Fsp3) is 0.333. The molecule has 2 aromatic carbocycles. The van der Waals surface area contributed by atoms with E-state index in [2.05, 4.69) is 61.3 Å². The molecule has 0 saturated heterocycles. The molecule has 0 saturated carbocycles. The zero-order valence-electron chi connectivity index (χ0n) is 17.6. The molecule has 1 aromatic heterocycles. The van der Waals surface area contributed by atoms with Gasteiger partial charge in [-0.2, -0.15) is 4.98 Å². The van der Waals surface area contributed by atoms with Crippen LogP contribution in [0.5, 0.6) is 0 Å². The number of aromatic nitrogens is 2. The Bertz CT molecular complexity index is 1020. The summed E-state index contributed by atoms with van der Waals surface area (Å²) in [5.41, 5.74) is 6.97. The highest BCUT2D eigenvalue weighted by molar-refractivity contribution is 5.62. The molecule has 0 fully saturated rings. The molecule has 2 heterocycles. The van der Waals surface area contributed by atoms with Gasteiger partial charge in [0.05, 0.1) is 18.3 Å². The van der Waals surface area contributed by atoms with E-state index in [0.29, 0.717) is 12.6 Å². The van der Waals surface area contributed by atoms with Crippen molar-refractivity contribution < 1.29 is 4.74 Å². The number of benzene rings is 2. The molecule has 0 bridgehead atoms. The number of rotatable bonds is 5. The number of anilines is 3. The summed E-state index contributed by atoms with van der Waals surface area (Å²) in [5.74, 6) is 1.59. The fourth-order valence-corrected chi connectivity index (χ4v) is 4.06. The van der Waals surface area contributed by atoms with Crippen molar-refractivity contribution in [2.75, 3.05) is 23.9 Å². The lowest BCUT2D eigenvalue weighted by Crippen LogP contribution is -2.35. The maximum absolute atomic E-state index is 5.43. The van der Waals surface area contributed by atoms with Crippen LogP contribution in [0.15, 0.2) is 48.5 Å². The molecule has 1 aliphatic heterocycles. The van der Waals surface area contributed by atoms with Gasteiger partial charge in [-0.3, -0.25) is 0 Å². The number of ether oxygens (including phenoxy) is 1. The van der Waals surface area contributed by atoms with Crippen LogP contribution in [0.25, 0.3) is 0 Å². The van der Waals surface area contributed by atoms with Crippen molar-refractivity contribution in [3.63, 3.8) is 0 Å². The Balaban J connectivity index is 1.74. The normalized spacial score (nSPS) is 15.9. The van der Waals surface area contributed by atoms with Gasteiger partial charge in [-0.1, -0.05) is 42.5 Å². The van der Waals surface area contributed by atoms with Gasteiger partial charge in [-0.15, -0.1) is 0 Å². The molecule has 3 aromatic rings. The van der Waals surface area contributed by atoms with Gasteiger partial charge in [0.1, 0.15) is 5.82 Å². The summed E-state index contributed by atoms with van der Waals surface area (Å²) >= 11 is 0. The Labute approximate surface area is 172 Å². The minimum atomic E-state index is 0.259. The van der Waals surface area contributed by atoms with Gasteiger partial charge in [0.2, 0.25) is 5.95 Å². The topological polar surface area (TPSA) is 50.3 Å². The number of methoxy groups -OCH3 is 1. The van der Waals surface area contributed by atoms with Crippen molar-refractivity contribution in [1.29, 1.82) is 0 Å². The smallest absolute Gasteiger partial charge is 0.229 e. The molecule has 29 heavy (non-hydrogen) atoms. The van der Waals surface area contributed by atoms with Gasteiger partial charge in [0.25, 0.3) is 0 Å². The van der Waals surface area contributed by atoms with Crippen molar-refractivity contribution in [2.45, 2.75) is 39.8 Å². The van der Waals surface area contributed by atoms with Crippen molar-refractivity contribution in [2.24, 2.45) is 0 Å². The van der Waals surface area contributed by atoms with Gasteiger partial charge in [0, 0.05) is 24.9 Å². The summed E-state index contributed by atoms with van der Waals surface area (Å²) in [6, 6.07) is 17.1. The van der Waals surface area contributed by atoms with Crippen LogP contribution >= 0.6 is 0 Å². The third-order valence-corrected chi connectivity index (χ3v) is 5.76. The maximum atomic E-state index is 5.43. The lowest BCUT2D eigenvalue weighted by Gasteiger charge is -2.37. The standard InChI is InChI=1S/C24H28N4O/c1-16-9-5-8-12-21(16)25-24-26-22(15-29-4)17(2)23(27-24)28-14-13-19-10-6-7-11-20(19)18(28)3/h5-12,18H,13-15H2,1-4H3,(H,25,26,27). The Morgan fingerprint density at radius 3 is 2.62 bits per heavy atom. The first-order valence-corrected chi connectivity index (χ1v) is 10.1. The minimum absolute atomic E-state index is 0.259. The number of hydrogen-bond donors (Lipinski definition) is 1. The van der Waals surface area contributed by atoms with Crippen LogP contribution in [-0.4, -0.2) is 23.6 Å². The van der Waals surface area contributed by atoms with E-state index in [4.69, 9.17) is 14.7 Å². The molecule has 5 heteroatoms. The average molecular weight is 389 g/mol. The highest BCUT2D eigenvalue weighted by Crippen LogP contribution is 2.35. The zero-order chi connectivity index (χ0) is 20.4. The van der Waals surface area contributed by atoms with E-state index < -0.39 is 0 Å². The Morgan fingerprint density at radius 2 is 1.83 bits per heavy atom. The first-order valence-electron chi connectivity index (χ1n) is 10.1. The Morgan fingerprint density at radius 1 is 1.07 bits per heavy atom. The van der Waals surface area contributed by atoms with Crippen molar-refractivity contribution in [3.05, 3.63) is 76.5 Å². The molecule has 1 atom stereocenters. The molecular formula is C24H28N4O. The second-order valence-electron chi connectivity index (χ2n) is 7.63.